The van der Waals surface area contributed by atoms with Crippen molar-refractivity contribution in [3.63, 3.8) is 0 Å². The molecule has 3 nitrogen and oxygen atoms in total. The number of rotatable bonds is 3. The second-order valence-corrected chi connectivity index (χ2v) is 4.47. The zero-order valence-electron chi connectivity index (χ0n) is 10.3. The molecular weight excluding hydrogens is 262 g/mol. The van der Waals surface area contributed by atoms with Crippen LogP contribution in [0.5, 0.6) is 0 Å². The predicted molar refractivity (Wildman–Crippen MR) is 75.6 cm³/mol. The second kappa shape index (κ2) is 5.67. The fourth-order valence-corrected chi connectivity index (χ4v) is 1.77. The molecule has 0 spiro atoms. The molecular formula is C15H12ClNO2. The molecule has 0 bridgehead atoms. The molecule has 0 fully saturated rings. The molecule has 0 aliphatic heterocycles. The van der Waals surface area contributed by atoms with Crippen molar-refractivity contribution in [2.75, 3.05) is 11.9 Å². The fraction of sp³-hybridized carbons (Fsp3) is 0.0667. The first-order valence-corrected chi connectivity index (χ1v) is 6.10. The smallest absolute Gasteiger partial charge is 0.299 e. The molecule has 96 valence electrons. The fourth-order valence-electron chi connectivity index (χ4n) is 1.65. The normalized spacial score (nSPS) is 10.0. The Labute approximate surface area is 116 Å². The van der Waals surface area contributed by atoms with E-state index in [0.717, 1.165) is 0 Å². The highest BCUT2D eigenvalue weighted by Gasteiger charge is 2.21. The Balaban J connectivity index is 2.20. The molecule has 2 aromatic rings. The van der Waals surface area contributed by atoms with E-state index in [2.05, 4.69) is 0 Å². The van der Waals surface area contributed by atoms with E-state index in [9.17, 15) is 9.59 Å². The Morgan fingerprint density at radius 2 is 1.53 bits per heavy atom. The maximum Gasteiger partial charge on any atom is 0.299 e. The summed E-state index contributed by atoms with van der Waals surface area (Å²) in [5.41, 5.74) is 1.01. The number of hydrogen-bond acceptors (Lipinski definition) is 2. The maximum absolute atomic E-state index is 12.1. The first-order valence-electron chi connectivity index (χ1n) is 5.72. The summed E-state index contributed by atoms with van der Waals surface area (Å²) >= 11 is 5.75. The predicted octanol–water partition coefficient (Wildman–Crippen LogP) is 3.19. The average Bonchev–Trinajstić information content (AvgIpc) is 2.46. The number of Topliss-reactive ketones (excluding diaryl/α,β-unsaturated/α-hetero) is 1. The van der Waals surface area contributed by atoms with Crippen molar-refractivity contribution < 1.29 is 9.59 Å². The molecule has 0 aliphatic rings. The Kier molecular flexibility index (Phi) is 3.97. The molecule has 0 unspecified atom stereocenters. The minimum Gasteiger partial charge on any atom is -0.309 e. The molecule has 0 heterocycles. The van der Waals surface area contributed by atoms with Gasteiger partial charge in [-0.05, 0) is 36.4 Å². The maximum atomic E-state index is 12.1. The lowest BCUT2D eigenvalue weighted by atomic mass is 10.1. The van der Waals surface area contributed by atoms with Crippen molar-refractivity contribution in [3.8, 4) is 0 Å². The summed E-state index contributed by atoms with van der Waals surface area (Å²) in [5, 5.41) is 0.528. The van der Waals surface area contributed by atoms with E-state index in [0.29, 0.717) is 16.3 Å². The van der Waals surface area contributed by atoms with E-state index in [1.807, 2.05) is 18.2 Å². The van der Waals surface area contributed by atoms with Crippen LogP contribution in [0.15, 0.2) is 54.6 Å². The quantitative estimate of drug-likeness (QED) is 0.636. The van der Waals surface area contributed by atoms with Gasteiger partial charge in [0.05, 0.1) is 0 Å². The number of carbonyl (C=O) groups excluding carboxylic acids is 2. The van der Waals surface area contributed by atoms with Crippen LogP contribution >= 0.6 is 11.6 Å². The molecule has 4 heteroatoms. The Morgan fingerprint density at radius 1 is 0.947 bits per heavy atom. The van der Waals surface area contributed by atoms with Gasteiger partial charge in [-0.2, -0.15) is 0 Å². The van der Waals surface area contributed by atoms with Crippen molar-refractivity contribution in [1.29, 1.82) is 0 Å². The van der Waals surface area contributed by atoms with Gasteiger partial charge in [-0.1, -0.05) is 29.8 Å². The van der Waals surface area contributed by atoms with Crippen LogP contribution in [0.1, 0.15) is 10.4 Å². The third kappa shape index (κ3) is 3.01. The van der Waals surface area contributed by atoms with Crippen LogP contribution in [0.25, 0.3) is 0 Å². The molecule has 0 saturated heterocycles. The minimum absolute atomic E-state index is 0.331. The van der Waals surface area contributed by atoms with Gasteiger partial charge in [0.2, 0.25) is 0 Å². The van der Waals surface area contributed by atoms with Gasteiger partial charge >= 0.3 is 0 Å². The van der Waals surface area contributed by atoms with Gasteiger partial charge in [0, 0.05) is 23.3 Å². The van der Waals surface area contributed by atoms with E-state index >= 15 is 0 Å². The summed E-state index contributed by atoms with van der Waals surface area (Å²) in [5.74, 6) is -1.13. The van der Waals surface area contributed by atoms with Crippen LogP contribution in [0.3, 0.4) is 0 Å². The minimum atomic E-state index is -0.575. The number of anilines is 1. The first-order chi connectivity index (χ1) is 9.09. The summed E-state index contributed by atoms with van der Waals surface area (Å²) in [6.07, 6.45) is 0. The van der Waals surface area contributed by atoms with E-state index < -0.39 is 11.7 Å². The summed E-state index contributed by atoms with van der Waals surface area (Å²) < 4.78 is 0. The van der Waals surface area contributed by atoms with E-state index in [4.69, 9.17) is 11.6 Å². The largest absolute Gasteiger partial charge is 0.309 e. The number of benzene rings is 2. The van der Waals surface area contributed by atoms with E-state index in [-0.39, 0.29) is 0 Å². The number of hydrogen-bond donors (Lipinski definition) is 0. The molecule has 0 N–H and O–H groups in total. The van der Waals surface area contributed by atoms with Crippen molar-refractivity contribution in [2.45, 2.75) is 0 Å². The highest BCUT2D eigenvalue weighted by molar-refractivity contribution is 6.47. The average molecular weight is 274 g/mol. The monoisotopic (exact) mass is 273 g/mol. The lowest BCUT2D eigenvalue weighted by molar-refractivity contribution is -0.114. The molecule has 2 rings (SSSR count). The highest BCUT2D eigenvalue weighted by atomic mass is 35.5. The van der Waals surface area contributed by atoms with Crippen LogP contribution in [0.2, 0.25) is 5.02 Å². The molecule has 0 aromatic heterocycles. The topological polar surface area (TPSA) is 37.4 Å². The van der Waals surface area contributed by atoms with Gasteiger partial charge in [-0.25, -0.2) is 0 Å². The molecule has 0 saturated carbocycles. The van der Waals surface area contributed by atoms with Crippen molar-refractivity contribution in [1.82, 2.24) is 0 Å². The Bertz CT molecular complexity index is 593. The Morgan fingerprint density at radius 3 is 2.11 bits per heavy atom. The van der Waals surface area contributed by atoms with Gasteiger partial charge in [0.25, 0.3) is 11.7 Å². The third-order valence-electron chi connectivity index (χ3n) is 2.75. The van der Waals surface area contributed by atoms with E-state index in [1.165, 1.54) is 4.90 Å². The van der Waals surface area contributed by atoms with Gasteiger partial charge in [-0.3, -0.25) is 9.59 Å². The molecule has 2 aromatic carbocycles. The summed E-state index contributed by atoms with van der Waals surface area (Å²) in [7, 11) is 1.57. The van der Waals surface area contributed by atoms with Crippen LogP contribution in [0, 0.1) is 0 Å². The number of halogens is 1. The first kappa shape index (κ1) is 13.3. The van der Waals surface area contributed by atoms with Gasteiger partial charge in [0.1, 0.15) is 0 Å². The lowest BCUT2D eigenvalue weighted by Gasteiger charge is -2.16. The van der Waals surface area contributed by atoms with Gasteiger partial charge in [-0.15, -0.1) is 0 Å². The molecule has 0 aliphatic carbocycles. The van der Waals surface area contributed by atoms with E-state index in [1.54, 1.807) is 43.4 Å². The molecule has 1 amide bonds. The number of amides is 1. The number of nitrogens with zero attached hydrogens (tertiary/aromatic N) is 1. The number of carbonyl (C=O) groups is 2. The number of ketones is 1. The van der Waals surface area contributed by atoms with Crippen LogP contribution in [0.4, 0.5) is 5.69 Å². The van der Waals surface area contributed by atoms with Crippen molar-refractivity contribution in [3.05, 3.63) is 65.2 Å². The van der Waals surface area contributed by atoms with Gasteiger partial charge in [0.15, 0.2) is 0 Å². The molecule has 19 heavy (non-hydrogen) atoms. The van der Waals surface area contributed by atoms with Gasteiger partial charge < -0.3 is 4.90 Å². The van der Waals surface area contributed by atoms with Crippen LogP contribution in [-0.2, 0) is 4.79 Å². The molecule has 0 atom stereocenters. The van der Waals surface area contributed by atoms with Crippen LogP contribution in [-0.4, -0.2) is 18.7 Å². The van der Waals surface area contributed by atoms with Crippen LogP contribution < -0.4 is 4.90 Å². The summed E-state index contributed by atoms with van der Waals surface area (Å²) in [4.78, 5) is 25.4. The molecule has 0 radical (unpaired) electrons. The Hall–Kier alpha value is -2.13. The summed E-state index contributed by atoms with van der Waals surface area (Å²) in [6, 6.07) is 15.3. The lowest BCUT2D eigenvalue weighted by Crippen LogP contribution is -2.33. The third-order valence-corrected chi connectivity index (χ3v) is 3.00. The number of likely N-dealkylation sites (N-methyl/N-ethyl adjacent to an activating group) is 1. The summed E-state index contributed by atoms with van der Waals surface area (Å²) in [6.45, 7) is 0. The zero-order chi connectivity index (χ0) is 13.8. The second-order valence-electron chi connectivity index (χ2n) is 4.04. The zero-order valence-corrected chi connectivity index (χ0v) is 11.1. The van der Waals surface area contributed by atoms with Crippen molar-refractivity contribution in [2.24, 2.45) is 0 Å². The SMILES string of the molecule is CN(C(=O)C(=O)c1ccc(Cl)cc1)c1ccccc1. The van der Waals surface area contributed by atoms with Crippen molar-refractivity contribution >= 4 is 29.0 Å². The highest BCUT2D eigenvalue weighted by Crippen LogP contribution is 2.14. The standard InChI is InChI=1S/C15H12ClNO2/c1-17(13-5-3-2-4-6-13)15(19)14(18)11-7-9-12(16)10-8-11/h2-10H,1H3. The number of para-hydroxylation sites is 1.